The molecule has 132 valence electrons. The van der Waals surface area contributed by atoms with Crippen LogP contribution in [0, 0.1) is 0 Å². The number of amides is 1. The Morgan fingerprint density at radius 2 is 2.08 bits per heavy atom. The van der Waals surface area contributed by atoms with Gasteiger partial charge in [-0.1, -0.05) is 17.7 Å². The second kappa shape index (κ2) is 7.05. The van der Waals surface area contributed by atoms with E-state index in [1.807, 2.05) is 6.07 Å². The molecule has 0 atom stereocenters. The summed E-state index contributed by atoms with van der Waals surface area (Å²) in [4.78, 5) is 12.4. The Bertz CT molecular complexity index is 944. The van der Waals surface area contributed by atoms with Crippen molar-refractivity contribution in [1.29, 1.82) is 0 Å². The number of rotatable bonds is 4. The van der Waals surface area contributed by atoms with Crippen molar-refractivity contribution < 1.29 is 18.7 Å². The lowest BCUT2D eigenvalue weighted by Gasteiger charge is -2.20. The van der Waals surface area contributed by atoms with Crippen LogP contribution in [0.2, 0.25) is 5.02 Å². The topological polar surface area (TPSA) is 86.5 Å². The number of nitrogens with one attached hydrogen (secondary N) is 1. The van der Waals surface area contributed by atoms with Crippen molar-refractivity contribution in [2.75, 3.05) is 18.5 Å². The van der Waals surface area contributed by atoms with Gasteiger partial charge in [-0.15, -0.1) is 10.2 Å². The molecule has 0 bridgehead atoms. The maximum absolute atomic E-state index is 12.4. The van der Waals surface area contributed by atoms with Crippen molar-refractivity contribution in [3.05, 3.63) is 53.4 Å². The molecule has 2 aromatic carbocycles. The zero-order valence-corrected chi connectivity index (χ0v) is 14.3. The van der Waals surface area contributed by atoms with E-state index < -0.39 is 0 Å². The highest BCUT2D eigenvalue weighted by Crippen LogP contribution is 2.38. The Kier molecular flexibility index (Phi) is 4.45. The van der Waals surface area contributed by atoms with Gasteiger partial charge >= 0.3 is 0 Å². The molecule has 3 aromatic rings. The smallest absolute Gasteiger partial charge is 0.247 e. The number of hydrogen-bond donors (Lipinski definition) is 1. The first kappa shape index (κ1) is 16.4. The minimum absolute atomic E-state index is 0.154. The quantitative estimate of drug-likeness (QED) is 0.756. The van der Waals surface area contributed by atoms with Gasteiger partial charge in [-0.05, 0) is 35.9 Å². The summed E-state index contributed by atoms with van der Waals surface area (Å²) in [6.07, 6.45) is 1.41. The Morgan fingerprint density at radius 1 is 1.19 bits per heavy atom. The molecule has 0 unspecified atom stereocenters. The summed E-state index contributed by atoms with van der Waals surface area (Å²) in [6.45, 7) is 0.921. The first-order valence-electron chi connectivity index (χ1n) is 7.93. The van der Waals surface area contributed by atoms with E-state index in [0.717, 1.165) is 11.1 Å². The molecule has 26 heavy (non-hydrogen) atoms. The maximum atomic E-state index is 12.4. The SMILES string of the molecule is O=C(Cc1cc(Cl)c2c(c1)OCCO2)Nc1cccc(-c2nnco2)c1. The van der Waals surface area contributed by atoms with Crippen molar-refractivity contribution in [3.8, 4) is 23.0 Å². The largest absolute Gasteiger partial charge is 0.486 e. The second-order valence-electron chi connectivity index (χ2n) is 5.65. The zero-order valence-electron chi connectivity index (χ0n) is 13.6. The lowest BCUT2D eigenvalue weighted by Crippen LogP contribution is -2.17. The van der Waals surface area contributed by atoms with Crippen LogP contribution in [-0.4, -0.2) is 29.3 Å². The predicted octanol–water partition coefficient (Wildman–Crippen LogP) is 3.34. The maximum Gasteiger partial charge on any atom is 0.247 e. The third kappa shape index (κ3) is 3.48. The molecule has 7 nitrogen and oxygen atoms in total. The Morgan fingerprint density at radius 3 is 2.92 bits per heavy atom. The first-order valence-corrected chi connectivity index (χ1v) is 8.31. The molecule has 4 rings (SSSR count). The third-order valence-corrected chi connectivity index (χ3v) is 4.06. The third-order valence-electron chi connectivity index (χ3n) is 3.77. The second-order valence-corrected chi connectivity index (χ2v) is 6.06. The van der Waals surface area contributed by atoms with E-state index in [4.69, 9.17) is 25.5 Å². The van der Waals surface area contributed by atoms with Gasteiger partial charge in [0, 0.05) is 11.3 Å². The highest BCUT2D eigenvalue weighted by Gasteiger charge is 2.18. The summed E-state index contributed by atoms with van der Waals surface area (Å²) in [7, 11) is 0. The molecule has 0 aliphatic carbocycles. The van der Waals surface area contributed by atoms with Gasteiger partial charge in [0.2, 0.25) is 18.2 Å². The van der Waals surface area contributed by atoms with Crippen LogP contribution in [0.1, 0.15) is 5.56 Å². The van der Waals surface area contributed by atoms with E-state index in [2.05, 4.69) is 15.5 Å². The van der Waals surface area contributed by atoms with Gasteiger partial charge < -0.3 is 19.2 Å². The van der Waals surface area contributed by atoms with Gasteiger partial charge in [0.1, 0.15) is 13.2 Å². The number of anilines is 1. The summed E-state index contributed by atoms with van der Waals surface area (Å²) in [5.74, 6) is 1.29. The summed E-state index contributed by atoms with van der Waals surface area (Å²) in [6, 6.07) is 10.7. The molecule has 1 aromatic heterocycles. The molecule has 1 aliphatic rings. The van der Waals surface area contributed by atoms with Crippen LogP contribution >= 0.6 is 11.6 Å². The van der Waals surface area contributed by atoms with Gasteiger partial charge in [-0.3, -0.25) is 4.79 Å². The van der Waals surface area contributed by atoms with Crippen LogP contribution in [0.15, 0.2) is 47.2 Å². The van der Waals surface area contributed by atoms with Gasteiger partial charge in [0.25, 0.3) is 0 Å². The molecule has 8 heteroatoms. The minimum atomic E-state index is -0.180. The van der Waals surface area contributed by atoms with Crippen molar-refractivity contribution in [3.63, 3.8) is 0 Å². The highest BCUT2D eigenvalue weighted by atomic mass is 35.5. The molecule has 1 N–H and O–H groups in total. The van der Waals surface area contributed by atoms with Crippen LogP contribution in [-0.2, 0) is 11.2 Å². The van der Waals surface area contributed by atoms with Crippen LogP contribution in [0.4, 0.5) is 5.69 Å². The average Bonchev–Trinajstić information content (AvgIpc) is 3.16. The molecule has 2 heterocycles. The van der Waals surface area contributed by atoms with Gasteiger partial charge in [-0.2, -0.15) is 0 Å². The molecule has 1 aliphatic heterocycles. The van der Waals surface area contributed by atoms with E-state index in [1.54, 1.807) is 30.3 Å². The molecular weight excluding hydrogens is 358 g/mol. The highest BCUT2D eigenvalue weighted by molar-refractivity contribution is 6.32. The molecule has 0 fully saturated rings. The number of carbonyl (C=O) groups is 1. The van der Waals surface area contributed by atoms with E-state index in [-0.39, 0.29) is 12.3 Å². The van der Waals surface area contributed by atoms with E-state index in [0.29, 0.717) is 41.3 Å². The first-order chi connectivity index (χ1) is 12.7. The Balaban J connectivity index is 1.48. The Hall–Kier alpha value is -3.06. The summed E-state index contributed by atoms with van der Waals surface area (Å²) in [5, 5.41) is 10.8. The average molecular weight is 372 g/mol. The van der Waals surface area contributed by atoms with Crippen LogP contribution in [0.25, 0.3) is 11.5 Å². The van der Waals surface area contributed by atoms with E-state index in [9.17, 15) is 4.79 Å². The lowest BCUT2D eigenvalue weighted by molar-refractivity contribution is -0.115. The fraction of sp³-hybridized carbons (Fsp3) is 0.167. The summed E-state index contributed by atoms with van der Waals surface area (Å²) < 4.78 is 16.2. The standard InChI is InChI=1S/C18H14ClN3O4/c19-14-6-11(7-15-17(14)25-5-4-24-15)8-16(23)21-13-3-1-2-12(9-13)18-22-20-10-26-18/h1-3,6-7,9-10H,4-5,8H2,(H,21,23). The van der Waals surface area contributed by atoms with Crippen molar-refractivity contribution in [2.24, 2.45) is 0 Å². The fourth-order valence-corrected chi connectivity index (χ4v) is 2.97. The number of nitrogens with zero attached hydrogens (tertiary/aromatic N) is 2. The van der Waals surface area contributed by atoms with Crippen LogP contribution in [0.3, 0.4) is 0 Å². The number of ether oxygens (including phenoxy) is 2. The van der Waals surface area contributed by atoms with E-state index >= 15 is 0 Å². The molecule has 0 radical (unpaired) electrons. The number of benzene rings is 2. The number of fused-ring (bicyclic) bond motifs is 1. The van der Waals surface area contributed by atoms with Crippen molar-refractivity contribution in [2.45, 2.75) is 6.42 Å². The lowest BCUT2D eigenvalue weighted by atomic mass is 10.1. The van der Waals surface area contributed by atoms with Gasteiger partial charge in [-0.25, -0.2) is 0 Å². The normalized spacial score (nSPS) is 12.7. The van der Waals surface area contributed by atoms with Crippen LogP contribution < -0.4 is 14.8 Å². The number of hydrogen-bond acceptors (Lipinski definition) is 6. The van der Waals surface area contributed by atoms with E-state index in [1.165, 1.54) is 6.39 Å². The minimum Gasteiger partial charge on any atom is -0.486 e. The molecule has 0 saturated heterocycles. The van der Waals surface area contributed by atoms with Crippen LogP contribution in [0.5, 0.6) is 11.5 Å². The van der Waals surface area contributed by atoms with Crippen molar-refractivity contribution in [1.82, 2.24) is 10.2 Å². The monoisotopic (exact) mass is 371 g/mol. The molecule has 1 amide bonds. The van der Waals surface area contributed by atoms with Crippen molar-refractivity contribution >= 4 is 23.2 Å². The summed E-state index contributed by atoms with van der Waals surface area (Å²) >= 11 is 6.21. The Labute approximate surface area is 153 Å². The fourth-order valence-electron chi connectivity index (χ4n) is 2.69. The number of carbonyl (C=O) groups excluding carboxylic acids is 1. The summed E-state index contributed by atoms with van der Waals surface area (Å²) in [5.41, 5.74) is 2.10. The molecular formula is C18H14ClN3O4. The zero-order chi connectivity index (χ0) is 17.9. The molecule has 0 spiro atoms. The predicted molar refractivity (Wildman–Crippen MR) is 94.5 cm³/mol. The number of aromatic nitrogens is 2. The van der Waals surface area contributed by atoms with Gasteiger partial charge in [0.15, 0.2) is 11.5 Å². The van der Waals surface area contributed by atoms with Gasteiger partial charge in [0.05, 0.1) is 11.4 Å². The number of halogens is 1. The molecule has 0 saturated carbocycles.